The Morgan fingerprint density at radius 1 is 1.22 bits per heavy atom. The number of ketones is 1. The molecule has 142 valence electrons. The molecule has 9 heteroatoms. The molecule has 1 aliphatic carbocycles. The summed E-state index contributed by atoms with van der Waals surface area (Å²) in [6, 6.07) is 4.81. The van der Waals surface area contributed by atoms with Crippen LogP contribution in [0.5, 0.6) is 0 Å². The molecule has 0 unspecified atom stereocenters. The Labute approximate surface area is 158 Å². The lowest BCUT2D eigenvalue weighted by Gasteiger charge is -2.11. The standard InChI is InChI=1S/C18H15ClF3N3O2/c19-13-4-1-10(7-12(13)18(20,21)22)9-24-17(27)14-5-6-23-16(25-14)8-15(26)11-2-3-11/h1,4-7,11H,2-3,8-9H2,(H,24,27). The van der Waals surface area contributed by atoms with Crippen molar-refractivity contribution >= 4 is 23.3 Å². The molecular weight excluding hydrogens is 383 g/mol. The Hall–Kier alpha value is -2.48. The van der Waals surface area contributed by atoms with Crippen molar-refractivity contribution in [3.63, 3.8) is 0 Å². The van der Waals surface area contributed by atoms with E-state index >= 15 is 0 Å². The zero-order valence-electron chi connectivity index (χ0n) is 14.0. The van der Waals surface area contributed by atoms with Crippen LogP contribution in [0.4, 0.5) is 13.2 Å². The third-order valence-corrected chi connectivity index (χ3v) is 4.42. The van der Waals surface area contributed by atoms with Gasteiger partial charge in [0.25, 0.3) is 5.91 Å². The van der Waals surface area contributed by atoms with Crippen molar-refractivity contribution in [1.82, 2.24) is 15.3 Å². The maximum absolute atomic E-state index is 12.9. The van der Waals surface area contributed by atoms with Crippen molar-refractivity contribution in [1.29, 1.82) is 0 Å². The molecule has 0 radical (unpaired) electrons. The van der Waals surface area contributed by atoms with Crippen LogP contribution >= 0.6 is 11.6 Å². The average molecular weight is 398 g/mol. The molecule has 5 nitrogen and oxygen atoms in total. The van der Waals surface area contributed by atoms with Gasteiger partial charge in [0.05, 0.1) is 17.0 Å². The first-order chi connectivity index (χ1) is 12.7. The average Bonchev–Trinajstić information content (AvgIpc) is 3.45. The normalized spacial score (nSPS) is 14.1. The van der Waals surface area contributed by atoms with Crippen LogP contribution in [0.2, 0.25) is 5.02 Å². The lowest BCUT2D eigenvalue weighted by Crippen LogP contribution is -2.25. The number of rotatable bonds is 6. The lowest BCUT2D eigenvalue weighted by molar-refractivity contribution is -0.137. The van der Waals surface area contributed by atoms with Gasteiger partial charge in [-0.25, -0.2) is 9.97 Å². The molecule has 1 aliphatic rings. The van der Waals surface area contributed by atoms with E-state index in [0.29, 0.717) is 0 Å². The second-order valence-corrected chi connectivity index (χ2v) is 6.68. The number of nitrogens with one attached hydrogen (secondary N) is 1. The SMILES string of the molecule is O=C(NCc1ccc(Cl)c(C(F)(F)F)c1)c1ccnc(CC(=O)C2CC2)n1. The smallest absolute Gasteiger partial charge is 0.347 e. The highest BCUT2D eigenvalue weighted by molar-refractivity contribution is 6.31. The van der Waals surface area contributed by atoms with Crippen molar-refractivity contribution in [3.05, 3.63) is 58.1 Å². The summed E-state index contributed by atoms with van der Waals surface area (Å²) in [6.45, 7) is -0.126. The van der Waals surface area contributed by atoms with Crippen LogP contribution in [0.15, 0.2) is 30.5 Å². The van der Waals surface area contributed by atoms with Gasteiger partial charge in [-0.3, -0.25) is 9.59 Å². The highest BCUT2D eigenvalue weighted by Gasteiger charge is 2.33. The van der Waals surface area contributed by atoms with Gasteiger partial charge in [-0.1, -0.05) is 17.7 Å². The predicted molar refractivity (Wildman–Crippen MR) is 91.1 cm³/mol. The monoisotopic (exact) mass is 397 g/mol. The zero-order chi connectivity index (χ0) is 19.6. The van der Waals surface area contributed by atoms with E-state index in [1.807, 2.05) is 0 Å². The molecule has 1 saturated carbocycles. The number of nitrogens with zero attached hydrogens (tertiary/aromatic N) is 2. The molecule has 27 heavy (non-hydrogen) atoms. The molecule has 0 atom stereocenters. The van der Waals surface area contributed by atoms with Gasteiger partial charge in [0.1, 0.15) is 17.3 Å². The Morgan fingerprint density at radius 3 is 2.63 bits per heavy atom. The summed E-state index contributed by atoms with van der Waals surface area (Å²) in [5.41, 5.74) is -0.661. The van der Waals surface area contributed by atoms with Crippen molar-refractivity contribution in [2.24, 2.45) is 5.92 Å². The van der Waals surface area contributed by atoms with Crippen molar-refractivity contribution in [3.8, 4) is 0 Å². The first-order valence-electron chi connectivity index (χ1n) is 8.22. The van der Waals surface area contributed by atoms with Gasteiger partial charge < -0.3 is 5.32 Å². The third kappa shape index (κ3) is 5.03. The molecule has 0 aliphatic heterocycles. The van der Waals surface area contributed by atoms with Crippen LogP contribution in [-0.2, 0) is 23.9 Å². The number of amides is 1. The van der Waals surface area contributed by atoms with E-state index in [2.05, 4.69) is 15.3 Å². The van der Waals surface area contributed by atoms with Crippen LogP contribution in [-0.4, -0.2) is 21.7 Å². The fourth-order valence-corrected chi connectivity index (χ4v) is 2.71. The van der Waals surface area contributed by atoms with E-state index in [0.717, 1.165) is 25.0 Å². The minimum atomic E-state index is -4.58. The summed E-state index contributed by atoms with van der Waals surface area (Å²) in [5, 5.41) is 2.10. The number of alkyl halides is 3. The number of carbonyl (C=O) groups excluding carboxylic acids is 2. The fourth-order valence-electron chi connectivity index (χ4n) is 2.49. The first kappa shape index (κ1) is 19.3. The van der Waals surface area contributed by atoms with Gasteiger partial charge in [0, 0.05) is 18.7 Å². The van der Waals surface area contributed by atoms with E-state index < -0.39 is 22.7 Å². The predicted octanol–water partition coefficient (Wildman–Crippen LogP) is 3.60. The minimum Gasteiger partial charge on any atom is -0.347 e. The maximum atomic E-state index is 12.9. The second-order valence-electron chi connectivity index (χ2n) is 6.27. The van der Waals surface area contributed by atoms with Crippen LogP contribution in [0.25, 0.3) is 0 Å². The number of halogens is 4. The Morgan fingerprint density at radius 2 is 1.96 bits per heavy atom. The maximum Gasteiger partial charge on any atom is 0.417 e. The number of Topliss-reactive ketones (excluding diaryl/α,β-unsaturated/α-hetero) is 1. The summed E-state index contributed by atoms with van der Waals surface area (Å²) in [6.07, 6.45) is -1.38. The third-order valence-electron chi connectivity index (χ3n) is 4.09. The molecule has 3 rings (SSSR count). The number of hydrogen-bond acceptors (Lipinski definition) is 4. The second kappa shape index (κ2) is 7.64. The highest BCUT2D eigenvalue weighted by Crippen LogP contribution is 2.35. The van der Waals surface area contributed by atoms with Gasteiger partial charge in [0.2, 0.25) is 0 Å². The summed E-state index contributed by atoms with van der Waals surface area (Å²) in [5.74, 6) is -0.196. The van der Waals surface area contributed by atoms with Crippen LogP contribution in [0.1, 0.15) is 40.3 Å². The summed E-state index contributed by atoms with van der Waals surface area (Å²) in [7, 11) is 0. The van der Waals surface area contributed by atoms with Crippen LogP contribution in [0, 0.1) is 5.92 Å². The fraction of sp³-hybridized carbons (Fsp3) is 0.333. The van der Waals surface area contributed by atoms with E-state index in [1.165, 1.54) is 18.3 Å². The molecule has 2 aromatic rings. The van der Waals surface area contributed by atoms with Crippen molar-refractivity contribution in [2.75, 3.05) is 0 Å². The molecule has 1 N–H and O–H groups in total. The molecule has 1 aromatic heterocycles. The summed E-state index contributed by atoms with van der Waals surface area (Å²) >= 11 is 5.57. The van der Waals surface area contributed by atoms with Crippen molar-refractivity contribution < 1.29 is 22.8 Å². The largest absolute Gasteiger partial charge is 0.417 e. The van der Waals surface area contributed by atoms with E-state index in [1.54, 1.807) is 0 Å². The van der Waals surface area contributed by atoms with Crippen molar-refractivity contribution in [2.45, 2.75) is 32.0 Å². The van der Waals surface area contributed by atoms with Gasteiger partial charge in [-0.05, 0) is 36.6 Å². The minimum absolute atomic E-state index is 0.0494. The van der Waals surface area contributed by atoms with Gasteiger partial charge in [0.15, 0.2) is 0 Å². The molecule has 0 saturated heterocycles. The first-order valence-corrected chi connectivity index (χ1v) is 8.60. The molecule has 0 spiro atoms. The molecular formula is C18H15ClF3N3O2. The number of hydrogen-bond donors (Lipinski definition) is 1. The molecule has 1 fully saturated rings. The Kier molecular flexibility index (Phi) is 5.46. The topological polar surface area (TPSA) is 72.0 Å². The van der Waals surface area contributed by atoms with Crippen LogP contribution in [0.3, 0.4) is 0 Å². The van der Waals surface area contributed by atoms with Gasteiger partial charge in [-0.2, -0.15) is 13.2 Å². The summed E-state index contributed by atoms with van der Waals surface area (Å²) in [4.78, 5) is 32.1. The van der Waals surface area contributed by atoms with E-state index in [-0.39, 0.29) is 41.7 Å². The molecule has 1 aromatic carbocycles. The zero-order valence-corrected chi connectivity index (χ0v) is 14.8. The van der Waals surface area contributed by atoms with E-state index in [4.69, 9.17) is 11.6 Å². The highest BCUT2D eigenvalue weighted by atomic mass is 35.5. The Balaban J connectivity index is 1.65. The van der Waals surface area contributed by atoms with E-state index in [9.17, 15) is 22.8 Å². The summed E-state index contributed by atoms with van der Waals surface area (Å²) < 4.78 is 38.7. The lowest BCUT2D eigenvalue weighted by atomic mass is 10.1. The molecule has 1 heterocycles. The quantitative estimate of drug-likeness (QED) is 0.808. The Bertz CT molecular complexity index is 882. The number of benzene rings is 1. The number of aromatic nitrogens is 2. The molecule has 1 amide bonds. The van der Waals surface area contributed by atoms with Gasteiger partial charge in [-0.15, -0.1) is 0 Å². The number of carbonyl (C=O) groups is 2. The molecule has 0 bridgehead atoms. The van der Waals surface area contributed by atoms with Crippen LogP contribution < -0.4 is 5.32 Å². The van der Waals surface area contributed by atoms with Gasteiger partial charge >= 0.3 is 6.18 Å².